The summed E-state index contributed by atoms with van der Waals surface area (Å²) < 4.78 is 40.2. The summed E-state index contributed by atoms with van der Waals surface area (Å²) >= 11 is 1.48. The van der Waals surface area contributed by atoms with E-state index in [2.05, 4.69) is 15.4 Å². The minimum absolute atomic E-state index is 0.0175. The zero-order valence-electron chi connectivity index (χ0n) is 12.4. The van der Waals surface area contributed by atoms with Crippen molar-refractivity contribution < 1.29 is 27.5 Å². The van der Waals surface area contributed by atoms with Crippen molar-refractivity contribution in [2.24, 2.45) is 0 Å². The lowest BCUT2D eigenvalue weighted by atomic mass is 10.3. The van der Waals surface area contributed by atoms with Gasteiger partial charge >= 0.3 is 18.2 Å². The summed E-state index contributed by atoms with van der Waals surface area (Å²) in [6, 6.07) is 8.39. The molecule has 0 saturated carbocycles. The molecule has 0 aliphatic rings. The Morgan fingerprint density at radius 3 is 2.54 bits per heavy atom. The van der Waals surface area contributed by atoms with E-state index in [0.717, 1.165) is 21.9 Å². The first kappa shape index (κ1) is 17.8. The molecule has 1 aromatic heterocycles. The van der Waals surface area contributed by atoms with Crippen LogP contribution in [0.2, 0.25) is 0 Å². The average Bonchev–Trinajstić information content (AvgIpc) is 2.89. The number of ether oxygens (including phenoxy) is 1. The molecule has 0 saturated heterocycles. The number of aryl methyl sites for hydroxylation is 1. The zero-order valence-corrected chi connectivity index (χ0v) is 13.3. The number of carbonyl (C=O) groups excluding carboxylic acids is 2. The minimum Gasteiger partial charge on any atom is -0.406 e. The molecule has 0 radical (unpaired) electrons. The molecule has 2 N–H and O–H groups in total. The standard InChI is InChI=1S/C15H13F3N2O3S/c1-9-5-6-12(24-9)8-19-13(21)14(22)20-10-3-2-4-11(7-10)23-15(16,17)18/h2-7H,8H2,1H3,(H,19,21)(H,20,22). The maximum atomic E-state index is 12.2. The SMILES string of the molecule is Cc1ccc(CNC(=O)C(=O)Nc2cccc(OC(F)(F)F)c2)s1. The van der Waals surface area contributed by atoms with Crippen molar-refractivity contribution in [3.05, 3.63) is 46.2 Å². The van der Waals surface area contributed by atoms with Crippen LogP contribution < -0.4 is 15.4 Å². The number of hydrogen-bond acceptors (Lipinski definition) is 4. The van der Waals surface area contributed by atoms with Crippen LogP contribution in [0.25, 0.3) is 0 Å². The second kappa shape index (κ2) is 7.35. The van der Waals surface area contributed by atoms with Gasteiger partial charge in [0, 0.05) is 21.5 Å². The fraction of sp³-hybridized carbons (Fsp3) is 0.200. The summed E-state index contributed by atoms with van der Waals surface area (Å²) in [7, 11) is 0. The van der Waals surface area contributed by atoms with Crippen molar-refractivity contribution in [2.75, 3.05) is 5.32 Å². The highest BCUT2D eigenvalue weighted by atomic mass is 32.1. The van der Waals surface area contributed by atoms with Gasteiger partial charge in [-0.1, -0.05) is 6.07 Å². The molecule has 24 heavy (non-hydrogen) atoms. The summed E-state index contributed by atoms with van der Waals surface area (Å²) in [4.78, 5) is 25.4. The molecule has 1 aromatic carbocycles. The minimum atomic E-state index is -4.83. The number of halogens is 3. The molecule has 0 bridgehead atoms. The highest BCUT2D eigenvalue weighted by molar-refractivity contribution is 7.11. The van der Waals surface area contributed by atoms with E-state index in [9.17, 15) is 22.8 Å². The number of benzene rings is 1. The van der Waals surface area contributed by atoms with Crippen LogP contribution in [0, 0.1) is 6.92 Å². The van der Waals surface area contributed by atoms with Crippen LogP contribution in [-0.2, 0) is 16.1 Å². The van der Waals surface area contributed by atoms with Gasteiger partial charge in [0.2, 0.25) is 0 Å². The number of alkyl halides is 3. The molecule has 2 rings (SSSR count). The van der Waals surface area contributed by atoms with E-state index >= 15 is 0 Å². The van der Waals surface area contributed by atoms with E-state index in [1.165, 1.54) is 23.5 Å². The summed E-state index contributed by atoms with van der Waals surface area (Å²) in [6.07, 6.45) is -4.83. The predicted molar refractivity (Wildman–Crippen MR) is 82.7 cm³/mol. The number of rotatable bonds is 4. The molecule has 5 nitrogen and oxygen atoms in total. The first-order valence-electron chi connectivity index (χ1n) is 6.73. The largest absolute Gasteiger partial charge is 0.573 e. The van der Waals surface area contributed by atoms with Crippen LogP contribution in [-0.4, -0.2) is 18.2 Å². The number of nitrogens with one attached hydrogen (secondary N) is 2. The van der Waals surface area contributed by atoms with Crippen LogP contribution in [0.1, 0.15) is 9.75 Å². The topological polar surface area (TPSA) is 67.4 Å². The summed E-state index contributed by atoms with van der Waals surface area (Å²) in [5.41, 5.74) is 0.0175. The monoisotopic (exact) mass is 358 g/mol. The van der Waals surface area contributed by atoms with Crippen molar-refractivity contribution in [3.8, 4) is 5.75 Å². The molecule has 0 aliphatic carbocycles. The second-order valence-corrected chi connectivity index (χ2v) is 6.10. The van der Waals surface area contributed by atoms with Gasteiger partial charge < -0.3 is 15.4 Å². The highest BCUT2D eigenvalue weighted by Crippen LogP contribution is 2.25. The Labute approximate surface area is 139 Å². The predicted octanol–water partition coefficient (Wildman–Crippen LogP) is 3.21. The smallest absolute Gasteiger partial charge is 0.406 e. The van der Waals surface area contributed by atoms with Gasteiger partial charge in [-0.05, 0) is 31.2 Å². The molecule has 0 spiro atoms. The van der Waals surface area contributed by atoms with Gasteiger partial charge in [0.05, 0.1) is 6.54 Å². The number of thiophene rings is 1. The van der Waals surface area contributed by atoms with Gasteiger partial charge in [-0.2, -0.15) is 0 Å². The highest BCUT2D eigenvalue weighted by Gasteiger charge is 2.31. The Morgan fingerprint density at radius 1 is 1.17 bits per heavy atom. The summed E-state index contributed by atoms with van der Waals surface area (Å²) in [6.45, 7) is 2.11. The van der Waals surface area contributed by atoms with Crippen LogP contribution in [0.15, 0.2) is 36.4 Å². The molecule has 1 heterocycles. The van der Waals surface area contributed by atoms with Gasteiger partial charge in [-0.3, -0.25) is 9.59 Å². The number of anilines is 1. The van der Waals surface area contributed by atoms with Gasteiger partial charge in [0.15, 0.2) is 0 Å². The van der Waals surface area contributed by atoms with Crippen molar-refractivity contribution in [2.45, 2.75) is 19.8 Å². The van der Waals surface area contributed by atoms with E-state index in [1.807, 2.05) is 19.1 Å². The number of amides is 2. The molecule has 2 amide bonds. The molecular formula is C15H13F3N2O3S. The first-order chi connectivity index (χ1) is 11.2. The molecular weight excluding hydrogens is 345 g/mol. The normalized spacial score (nSPS) is 11.0. The van der Waals surface area contributed by atoms with Crippen molar-refractivity contribution >= 4 is 28.8 Å². The fourth-order valence-corrected chi connectivity index (χ4v) is 2.62. The van der Waals surface area contributed by atoms with E-state index < -0.39 is 23.9 Å². The molecule has 0 aliphatic heterocycles. The molecule has 0 unspecified atom stereocenters. The Kier molecular flexibility index (Phi) is 5.45. The van der Waals surface area contributed by atoms with Crippen molar-refractivity contribution in [1.29, 1.82) is 0 Å². The third kappa shape index (κ3) is 5.58. The van der Waals surface area contributed by atoms with E-state index in [0.29, 0.717) is 0 Å². The van der Waals surface area contributed by atoms with E-state index in [4.69, 9.17) is 0 Å². The maximum Gasteiger partial charge on any atom is 0.573 e. The molecule has 2 aromatic rings. The van der Waals surface area contributed by atoms with E-state index in [1.54, 1.807) is 0 Å². The Bertz CT molecular complexity index is 744. The Balaban J connectivity index is 1.91. The second-order valence-electron chi connectivity index (χ2n) is 4.72. The lowest BCUT2D eigenvalue weighted by Gasteiger charge is -2.10. The molecule has 0 atom stereocenters. The average molecular weight is 358 g/mol. The van der Waals surface area contributed by atoms with Crippen LogP contribution in [0.4, 0.5) is 18.9 Å². The van der Waals surface area contributed by atoms with Gasteiger partial charge in [0.25, 0.3) is 0 Å². The third-order valence-electron chi connectivity index (χ3n) is 2.75. The lowest BCUT2D eigenvalue weighted by Crippen LogP contribution is -2.34. The first-order valence-corrected chi connectivity index (χ1v) is 7.55. The quantitative estimate of drug-likeness (QED) is 0.825. The zero-order chi connectivity index (χ0) is 17.7. The third-order valence-corrected chi connectivity index (χ3v) is 3.75. The Hall–Kier alpha value is -2.55. The molecule has 128 valence electrons. The fourth-order valence-electron chi connectivity index (χ4n) is 1.79. The van der Waals surface area contributed by atoms with Gasteiger partial charge in [-0.15, -0.1) is 24.5 Å². The van der Waals surface area contributed by atoms with Crippen LogP contribution >= 0.6 is 11.3 Å². The van der Waals surface area contributed by atoms with Crippen molar-refractivity contribution in [3.63, 3.8) is 0 Å². The van der Waals surface area contributed by atoms with Crippen LogP contribution in [0.5, 0.6) is 5.75 Å². The van der Waals surface area contributed by atoms with Crippen molar-refractivity contribution in [1.82, 2.24) is 5.32 Å². The van der Waals surface area contributed by atoms with Gasteiger partial charge in [0.1, 0.15) is 5.75 Å². The molecule has 9 heteroatoms. The van der Waals surface area contributed by atoms with E-state index in [-0.39, 0.29) is 12.2 Å². The Morgan fingerprint density at radius 2 is 1.92 bits per heavy atom. The van der Waals surface area contributed by atoms with Crippen LogP contribution in [0.3, 0.4) is 0 Å². The lowest BCUT2D eigenvalue weighted by molar-refractivity contribution is -0.274. The number of hydrogen-bond donors (Lipinski definition) is 2. The number of carbonyl (C=O) groups is 2. The summed E-state index contributed by atoms with van der Waals surface area (Å²) in [5, 5.41) is 4.65. The summed E-state index contributed by atoms with van der Waals surface area (Å²) in [5.74, 6) is -2.36. The maximum absolute atomic E-state index is 12.2. The molecule has 0 fully saturated rings. The van der Waals surface area contributed by atoms with Gasteiger partial charge in [-0.25, -0.2) is 0 Å².